The Bertz CT molecular complexity index is 1310. The Labute approximate surface area is 196 Å². The average Bonchev–Trinajstić information content (AvgIpc) is 3.22. The summed E-state index contributed by atoms with van der Waals surface area (Å²) in [5.74, 6) is 0.659. The third kappa shape index (κ3) is 5.50. The van der Waals surface area contributed by atoms with Crippen molar-refractivity contribution in [2.75, 3.05) is 17.7 Å². The second-order valence-electron chi connectivity index (χ2n) is 7.67. The molecule has 0 aliphatic heterocycles. The maximum absolute atomic E-state index is 13.9. The number of nitrogens with zero attached hydrogens (tertiary/aromatic N) is 3. The van der Waals surface area contributed by atoms with Gasteiger partial charge >= 0.3 is 12.0 Å². The maximum Gasteiger partial charge on any atom is 0.336 e. The Morgan fingerprint density at radius 2 is 1.68 bits per heavy atom. The lowest BCUT2D eigenvalue weighted by atomic mass is 10.2. The van der Waals surface area contributed by atoms with Crippen LogP contribution in [0.3, 0.4) is 0 Å². The van der Waals surface area contributed by atoms with E-state index in [4.69, 9.17) is 9.47 Å². The first kappa shape index (κ1) is 22.8. The highest BCUT2D eigenvalue weighted by atomic mass is 19.1. The van der Waals surface area contributed by atoms with E-state index in [9.17, 15) is 9.18 Å². The second-order valence-corrected chi connectivity index (χ2v) is 7.67. The second kappa shape index (κ2) is 10.0. The molecule has 0 aliphatic rings. The number of anilines is 2. The fraction of sp³-hybridized carbons (Fsp3) is 0.160. The van der Waals surface area contributed by atoms with E-state index >= 15 is 0 Å². The van der Waals surface area contributed by atoms with Gasteiger partial charge in [0.15, 0.2) is 5.82 Å². The number of methoxy groups -OCH3 is 1. The van der Waals surface area contributed by atoms with Gasteiger partial charge < -0.3 is 20.1 Å². The molecule has 0 radical (unpaired) electrons. The third-order valence-electron chi connectivity index (χ3n) is 4.69. The van der Waals surface area contributed by atoms with Gasteiger partial charge in [-0.2, -0.15) is 4.98 Å². The van der Waals surface area contributed by atoms with E-state index in [0.29, 0.717) is 34.2 Å². The van der Waals surface area contributed by atoms with Gasteiger partial charge in [-0.1, -0.05) is 24.3 Å². The minimum absolute atomic E-state index is 0.135. The molecule has 3 aromatic carbocycles. The van der Waals surface area contributed by atoms with E-state index in [2.05, 4.69) is 20.7 Å². The van der Waals surface area contributed by atoms with Crippen LogP contribution in [0.5, 0.6) is 11.8 Å². The minimum atomic E-state index is -0.418. The molecule has 4 rings (SSSR count). The Hall–Kier alpha value is -4.40. The van der Waals surface area contributed by atoms with Crippen molar-refractivity contribution in [2.45, 2.75) is 20.0 Å². The number of aromatic nitrogens is 3. The number of nitrogens with one attached hydrogen (secondary N) is 2. The number of hydrogen-bond donors (Lipinski definition) is 2. The zero-order valence-electron chi connectivity index (χ0n) is 18.9. The predicted octanol–water partition coefficient (Wildman–Crippen LogP) is 5.51. The molecular weight excluding hydrogens is 437 g/mol. The molecule has 0 saturated heterocycles. The van der Waals surface area contributed by atoms with Crippen molar-refractivity contribution in [3.8, 4) is 28.8 Å². The molecule has 4 aromatic rings. The number of benzene rings is 3. The lowest BCUT2D eigenvalue weighted by Crippen LogP contribution is -2.19. The number of hydrogen-bond acceptors (Lipinski definition) is 5. The number of urea groups is 1. The quantitative estimate of drug-likeness (QED) is 0.379. The molecule has 0 atom stereocenters. The van der Waals surface area contributed by atoms with Crippen molar-refractivity contribution >= 4 is 17.4 Å². The van der Waals surface area contributed by atoms with Crippen LogP contribution in [0.1, 0.15) is 13.8 Å². The van der Waals surface area contributed by atoms with Crippen LogP contribution in [-0.4, -0.2) is 34.0 Å². The standard InChI is InChI=1S/C25H24FN5O3/c1-16(2)34-25-29-23(17-7-4-8-18(26)13-17)31(30-25)21-11-5-9-19(14-21)27-24(32)28-20-10-6-12-22(15-20)33-3/h4-16H,1-3H3,(H2,27,28,32). The van der Waals surface area contributed by atoms with Crippen LogP contribution in [0, 0.1) is 5.82 Å². The van der Waals surface area contributed by atoms with Gasteiger partial charge in [0.05, 0.1) is 18.9 Å². The number of carbonyl (C=O) groups excluding carboxylic acids is 1. The molecule has 8 nitrogen and oxygen atoms in total. The Balaban J connectivity index is 1.61. The number of ether oxygens (including phenoxy) is 2. The Kier molecular flexibility index (Phi) is 6.72. The van der Waals surface area contributed by atoms with E-state index < -0.39 is 6.03 Å². The molecular formula is C25H24FN5O3. The highest BCUT2D eigenvalue weighted by Gasteiger charge is 2.17. The molecule has 9 heteroatoms. The fourth-order valence-electron chi connectivity index (χ4n) is 3.26. The van der Waals surface area contributed by atoms with Crippen LogP contribution in [0.4, 0.5) is 20.6 Å². The summed E-state index contributed by atoms with van der Waals surface area (Å²) < 4.78 is 26.3. The van der Waals surface area contributed by atoms with Gasteiger partial charge in [-0.15, -0.1) is 5.10 Å². The van der Waals surface area contributed by atoms with E-state index in [1.807, 2.05) is 19.9 Å². The largest absolute Gasteiger partial charge is 0.497 e. The molecule has 0 fully saturated rings. The first-order chi connectivity index (χ1) is 16.4. The summed E-state index contributed by atoms with van der Waals surface area (Å²) in [6, 6.07) is 20.0. The first-order valence-corrected chi connectivity index (χ1v) is 10.6. The number of amides is 2. The molecule has 1 heterocycles. The van der Waals surface area contributed by atoms with Gasteiger partial charge in [-0.3, -0.25) is 0 Å². The van der Waals surface area contributed by atoms with Gasteiger partial charge in [0.25, 0.3) is 0 Å². The van der Waals surface area contributed by atoms with E-state index in [0.717, 1.165) is 0 Å². The van der Waals surface area contributed by atoms with Crippen molar-refractivity contribution in [3.05, 3.63) is 78.6 Å². The summed E-state index contributed by atoms with van der Waals surface area (Å²) in [5.41, 5.74) is 2.28. The van der Waals surface area contributed by atoms with E-state index in [1.165, 1.54) is 12.1 Å². The number of carbonyl (C=O) groups is 1. The average molecular weight is 461 g/mol. The summed E-state index contributed by atoms with van der Waals surface area (Å²) in [6.45, 7) is 3.74. The lowest BCUT2D eigenvalue weighted by Gasteiger charge is -2.11. The summed E-state index contributed by atoms with van der Waals surface area (Å²) >= 11 is 0. The molecule has 0 unspecified atom stereocenters. The normalized spacial score (nSPS) is 10.7. The van der Waals surface area contributed by atoms with Gasteiger partial charge in [0, 0.05) is 23.0 Å². The third-order valence-corrected chi connectivity index (χ3v) is 4.69. The topological polar surface area (TPSA) is 90.3 Å². The fourth-order valence-corrected chi connectivity index (χ4v) is 3.26. The molecule has 174 valence electrons. The van der Waals surface area contributed by atoms with Crippen molar-refractivity contribution in [1.82, 2.24) is 14.8 Å². The lowest BCUT2D eigenvalue weighted by molar-refractivity contribution is 0.222. The van der Waals surface area contributed by atoms with Gasteiger partial charge in [-0.25, -0.2) is 13.9 Å². The van der Waals surface area contributed by atoms with Gasteiger partial charge in [0.1, 0.15) is 11.6 Å². The Morgan fingerprint density at radius 1 is 0.971 bits per heavy atom. The molecule has 0 spiro atoms. The monoisotopic (exact) mass is 461 g/mol. The van der Waals surface area contributed by atoms with Gasteiger partial charge in [0.2, 0.25) is 0 Å². The van der Waals surface area contributed by atoms with Crippen molar-refractivity contribution < 1.29 is 18.7 Å². The minimum Gasteiger partial charge on any atom is -0.497 e. The molecule has 0 saturated carbocycles. The zero-order valence-corrected chi connectivity index (χ0v) is 18.9. The molecule has 2 amide bonds. The molecule has 0 aliphatic carbocycles. The van der Waals surface area contributed by atoms with Crippen molar-refractivity contribution in [1.29, 1.82) is 0 Å². The summed E-state index contributed by atoms with van der Waals surface area (Å²) in [4.78, 5) is 17.0. The van der Waals surface area contributed by atoms with E-state index in [1.54, 1.807) is 66.4 Å². The Morgan fingerprint density at radius 3 is 2.38 bits per heavy atom. The summed E-state index contributed by atoms with van der Waals surface area (Å²) in [7, 11) is 1.56. The van der Waals surface area contributed by atoms with Crippen LogP contribution < -0.4 is 20.1 Å². The zero-order chi connectivity index (χ0) is 24.1. The van der Waals surface area contributed by atoms with Crippen LogP contribution in [0.25, 0.3) is 17.1 Å². The summed E-state index contributed by atoms with van der Waals surface area (Å²) in [6.07, 6.45) is -0.135. The van der Waals surface area contributed by atoms with Gasteiger partial charge in [-0.05, 0) is 56.3 Å². The molecule has 0 bridgehead atoms. The van der Waals surface area contributed by atoms with E-state index in [-0.39, 0.29) is 17.9 Å². The molecule has 34 heavy (non-hydrogen) atoms. The van der Waals surface area contributed by atoms with Crippen molar-refractivity contribution in [2.24, 2.45) is 0 Å². The highest BCUT2D eigenvalue weighted by molar-refractivity contribution is 6.00. The van der Waals surface area contributed by atoms with Crippen molar-refractivity contribution in [3.63, 3.8) is 0 Å². The van der Waals surface area contributed by atoms with Crippen LogP contribution in [0.15, 0.2) is 72.8 Å². The maximum atomic E-state index is 13.9. The van der Waals surface area contributed by atoms with Crippen LogP contribution in [0.2, 0.25) is 0 Å². The number of rotatable bonds is 7. The molecule has 1 aromatic heterocycles. The summed E-state index contributed by atoms with van der Waals surface area (Å²) in [5, 5.41) is 10.0. The highest BCUT2D eigenvalue weighted by Crippen LogP contribution is 2.26. The first-order valence-electron chi connectivity index (χ1n) is 10.6. The van der Waals surface area contributed by atoms with Crippen LogP contribution in [-0.2, 0) is 0 Å². The van der Waals surface area contributed by atoms with Crippen LogP contribution >= 0.6 is 0 Å². The number of halogens is 1. The smallest absolute Gasteiger partial charge is 0.336 e. The molecule has 2 N–H and O–H groups in total. The predicted molar refractivity (Wildman–Crippen MR) is 128 cm³/mol. The SMILES string of the molecule is COc1cccc(NC(=O)Nc2cccc(-n3nc(OC(C)C)nc3-c3cccc(F)c3)c2)c1.